The van der Waals surface area contributed by atoms with Crippen molar-refractivity contribution in [1.82, 2.24) is 10.6 Å². The Balaban J connectivity index is 1.81. The summed E-state index contributed by atoms with van der Waals surface area (Å²) in [5.74, 6) is 0.0516. The van der Waals surface area contributed by atoms with Gasteiger partial charge in [0.2, 0.25) is 5.91 Å². The number of carbonyl (C=O) groups excluding carboxylic acids is 1. The summed E-state index contributed by atoms with van der Waals surface area (Å²) in [5, 5.41) is 15.5. The van der Waals surface area contributed by atoms with E-state index in [1.165, 1.54) is 12.8 Å². The van der Waals surface area contributed by atoms with Crippen LogP contribution in [0.15, 0.2) is 30.3 Å². The third kappa shape index (κ3) is 4.62. The van der Waals surface area contributed by atoms with E-state index in [2.05, 4.69) is 10.6 Å². The Morgan fingerprint density at radius 1 is 1.25 bits per heavy atom. The van der Waals surface area contributed by atoms with E-state index in [4.69, 9.17) is 5.11 Å². The van der Waals surface area contributed by atoms with Gasteiger partial charge in [-0.1, -0.05) is 43.2 Å². The number of benzene rings is 1. The second-order valence-electron chi connectivity index (χ2n) is 5.41. The molecule has 0 bridgehead atoms. The second kappa shape index (κ2) is 8.02. The van der Waals surface area contributed by atoms with Crippen LogP contribution in [0, 0.1) is 0 Å². The molecule has 1 unspecified atom stereocenters. The van der Waals surface area contributed by atoms with E-state index in [9.17, 15) is 4.79 Å². The fourth-order valence-corrected chi connectivity index (χ4v) is 2.77. The lowest BCUT2D eigenvalue weighted by Gasteiger charge is -2.19. The third-order valence-corrected chi connectivity index (χ3v) is 3.85. The molecule has 20 heavy (non-hydrogen) atoms. The molecule has 0 aliphatic heterocycles. The van der Waals surface area contributed by atoms with Crippen LogP contribution >= 0.6 is 0 Å². The van der Waals surface area contributed by atoms with Gasteiger partial charge >= 0.3 is 0 Å². The maximum atomic E-state index is 11.9. The maximum Gasteiger partial charge on any atom is 0.234 e. The largest absolute Gasteiger partial charge is 0.396 e. The Bertz CT molecular complexity index is 402. The Kier molecular flexibility index (Phi) is 6.02. The molecule has 0 radical (unpaired) electrons. The molecule has 1 aliphatic carbocycles. The molecule has 1 aromatic carbocycles. The molecule has 1 saturated carbocycles. The average molecular weight is 276 g/mol. The minimum Gasteiger partial charge on any atom is -0.396 e. The highest BCUT2D eigenvalue weighted by Crippen LogP contribution is 2.18. The molecule has 1 aliphatic rings. The summed E-state index contributed by atoms with van der Waals surface area (Å²) in [6.07, 6.45) is 5.25. The topological polar surface area (TPSA) is 61.4 Å². The smallest absolute Gasteiger partial charge is 0.234 e. The quantitative estimate of drug-likeness (QED) is 0.711. The van der Waals surface area contributed by atoms with Gasteiger partial charge in [-0.05, 0) is 24.8 Å². The monoisotopic (exact) mass is 276 g/mol. The molecule has 2 rings (SSSR count). The number of hydrogen-bond donors (Lipinski definition) is 3. The lowest BCUT2D eigenvalue weighted by molar-refractivity contribution is -0.121. The van der Waals surface area contributed by atoms with Gasteiger partial charge in [-0.3, -0.25) is 4.79 Å². The summed E-state index contributed by atoms with van der Waals surface area (Å²) < 4.78 is 0. The van der Waals surface area contributed by atoms with Crippen LogP contribution in [0.25, 0.3) is 0 Å². The lowest BCUT2D eigenvalue weighted by atomic mass is 10.0. The number of amides is 1. The number of aliphatic hydroxyl groups is 1. The van der Waals surface area contributed by atoms with Crippen molar-refractivity contribution in [3.8, 4) is 0 Å². The molecule has 3 N–H and O–H groups in total. The number of nitrogens with one attached hydrogen (secondary N) is 2. The van der Waals surface area contributed by atoms with Gasteiger partial charge in [0.1, 0.15) is 0 Å². The van der Waals surface area contributed by atoms with Crippen molar-refractivity contribution in [3.63, 3.8) is 0 Å². The van der Waals surface area contributed by atoms with Crippen molar-refractivity contribution in [1.29, 1.82) is 0 Å². The molecular formula is C16H24N2O2. The maximum absolute atomic E-state index is 11.9. The first-order valence-electron chi connectivity index (χ1n) is 7.48. The van der Waals surface area contributed by atoms with Gasteiger partial charge in [0, 0.05) is 18.7 Å². The van der Waals surface area contributed by atoms with Crippen molar-refractivity contribution in [2.45, 2.75) is 44.2 Å². The summed E-state index contributed by atoms with van der Waals surface area (Å²) in [6.45, 7) is 0.410. The molecule has 110 valence electrons. The van der Waals surface area contributed by atoms with E-state index in [0.717, 1.165) is 18.4 Å². The van der Waals surface area contributed by atoms with Crippen LogP contribution in [0.2, 0.25) is 0 Å². The number of aliphatic hydroxyl groups excluding tert-OH is 1. The standard InChI is InChI=1S/C16H24N2O2/c19-11-10-15(13-6-2-1-3-7-13)17-12-16(20)18-14-8-4-5-9-14/h1-3,6-7,14-15,17,19H,4-5,8-12H2,(H,18,20). The van der Waals surface area contributed by atoms with Crippen molar-refractivity contribution in [2.24, 2.45) is 0 Å². The number of rotatable bonds is 7. The zero-order valence-electron chi connectivity index (χ0n) is 11.8. The third-order valence-electron chi connectivity index (χ3n) is 3.85. The Morgan fingerprint density at radius 3 is 2.60 bits per heavy atom. The molecule has 0 aromatic heterocycles. The van der Waals surface area contributed by atoms with Crippen LogP contribution in [-0.4, -0.2) is 30.2 Å². The van der Waals surface area contributed by atoms with E-state index >= 15 is 0 Å². The first kappa shape index (κ1) is 15.0. The van der Waals surface area contributed by atoms with E-state index < -0.39 is 0 Å². The number of hydrogen-bond acceptors (Lipinski definition) is 3. The normalized spacial score (nSPS) is 17.1. The van der Waals surface area contributed by atoms with E-state index in [1.54, 1.807) is 0 Å². The summed E-state index contributed by atoms with van der Waals surface area (Å²) >= 11 is 0. The van der Waals surface area contributed by atoms with Gasteiger partial charge in [-0.25, -0.2) is 0 Å². The van der Waals surface area contributed by atoms with E-state index in [0.29, 0.717) is 19.0 Å². The van der Waals surface area contributed by atoms with Crippen LogP contribution < -0.4 is 10.6 Å². The van der Waals surface area contributed by atoms with Crippen LogP contribution in [-0.2, 0) is 4.79 Å². The van der Waals surface area contributed by atoms with Gasteiger partial charge in [0.25, 0.3) is 0 Å². The van der Waals surface area contributed by atoms with Crippen LogP contribution in [0.1, 0.15) is 43.7 Å². The molecule has 0 heterocycles. The van der Waals surface area contributed by atoms with Crippen molar-refractivity contribution in [3.05, 3.63) is 35.9 Å². The van der Waals surface area contributed by atoms with Crippen molar-refractivity contribution >= 4 is 5.91 Å². The van der Waals surface area contributed by atoms with Gasteiger partial charge in [-0.15, -0.1) is 0 Å². The predicted molar refractivity (Wildman–Crippen MR) is 79.3 cm³/mol. The summed E-state index contributed by atoms with van der Waals surface area (Å²) in [7, 11) is 0. The lowest BCUT2D eigenvalue weighted by Crippen LogP contribution is -2.40. The summed E-state index contributed by atoms with van der Waals surface area (Å²) in [6, 6.07) is 10.3. The Hall–Kier alpha value is -1.39. The molecule has 0 saturated heterocycles. The molecular weight excluding hydrogens is 252 g/mol. The Labute approximate surface area is 120 Å². The minimum atomic E-state index is 0.0236. The molecule has 4 nitrogen and oxygen atoms in total. The van der Waals surface area contributed by atoms with Gasteiger partial charge in [0.05, 0.1) is 6.54 Å². The molecule has 1 amide bonds. The average Bonchev–Trinajstić information content (AvgIpc) is 2.97. The molecule has 1 atom stereocenters. The number of carbonyl (C=O) groups is 1. The Morgan fingerprint density at radius 2 is 1.95 bits per heavy atom. The fraction of sp³-hybridized carbons (Fsp3) is 0.562. The molecule has 1 fully saturated rings. The van der Waals surface area contributed by atoms with Crippen molar-refractivity contribution in [2.75, 3.05) is 13.2 Å². The first-order chi connectivity index (χ1) is 9.79. The minimum absolute atomic E-state index is 0.0236. The fourth-order valence-electron chi connectivity index (χ4n) is 2.77. The van der Waals surface area contributed by atoms with E-state index in [-0.39, 0.29) is 18.6 Å². The van der Waals surface area contributed by atoms with Crippen LogP contribution in [0.5, 0.6) is 0 Å². The highest BCUT2D eigenvalue weighted by molar-refractivity contribution is 5.78. The highest BCUT2D eigenvalue weighted by atomic mass is 16.3. The summed E-state index contributed by atoms with van der Waals surface area (Å²) in [4.78, 5) is 11.9. The highest BCUT2D eigenvalue weighted by Gasteiger charge is 2.18. The second-order valence-corrected chi connectivity index (χ2v) is 5.41. The SMILES string of the molecule is O=C(CNC(CCO)c1ccccc1)NC1CCCC1. The summed E-state index contributed by atoms with van der Waals surface area (Å²) in [5.41, 5.74) is 1.11. The van der Waals surface area contributed by atoms with Gasteiger partial charge < -0.3 is 15.7 Å². The van der Waals surface area contributed by atoms with Crippen LogP contribution in [0.4, 0.5) is 0 Å². The first-order valence-corrected chi connectivity index (χ1v) is 7.48. The molecule has 4 heteroatoms. The zero-order chi connectivity index (χ0) is 14.2. The zero-order valence-corrected chi connectivity index (χ0v) is 11.8. The van der Waals surface area contributed by atoms with Crippen LogP contribution in [0.3, 0.4) is 0 Å². The predicted octanol–water partition coefficient (Wildman–Crippen LogP) is 1.76. The molecule has 1 aromatic rings. The van der Waals surface area contributed by atoms with E-state index in [1.807, 2.05) is 30.3 Å². The van der Waals surface area contributed by atoms with Gasteiger partial charge in [-0.2, -0.15) is 0 Å². The van der Waals surface area contributed by atoms with Gasteiger partial charge in [0.15, 0.2) is 0 Å². The van der Waals surface area contributed by atoms with Crippen molar-refractivity contribution < 1.29 is 9.90 Å². The molecule has 0 spiro atoms.